The Bertz CT molecular complexity index is 638. The molecule has 2 atom stereocenters. The number of rotatable bonds is 4. The Labute approximate surface area is 109 Å². The van der Waals surface area contributed by atoms with Crippen LogP contribution in [-0.2, 0) is 0 Å². The van der Waals surface area contributed by atoms with Gasteiger partial charge in [-0.1, -0.05) is 35.4 Å². The van der Waals surface area contributed by atoms with Gasteiger partial charge in [-0.2, -0.15) is 0 Å². The minimum absolute atomic E-state index is 0.184. The summed E-state index contributed by atoms with van der Waals surface area (Å²) in [7, 11) is 0. The van der Waals surface area contributed by atoms with Crippen molar-refractivity contribution in [3.05, 3.63) is 52.4 Å². The fourth-order valence-corrected chi connectivity index (χ4v) is 2.03. The summed E-state index contributed by atoms with van der Waals surface area (Å²) in [5.74, 6) is 0. The summed E-state index contributed by atoms with van der Waals surface area (Å²) >= 11 is 0. The molecule has 0 spiro atoms. The van der Waals surface area contributed by atoms with Gasteiger partial charge in [-0.25, -0.2) is 0 Å². The van der Waals surface area contributed by atoms with Crippen molar-refractivity contribution in [3.8, 4) is 0 Å². The zero-order valence-corrected chi connectivity index (χ0v) is 10.1. The van der Waals surface area contributed by atoms with Gasteiger partial charge >= 0.3 is 0 Å². The summed E-state index contributed by atoms with van der Waals surface area (Å²) in [5.41, 5.74) is 15.3. The highest BCUT2D eigenvalue weighted by molar-refractivity contribution is 5.95. The molecule has 0 amide bonds. The molecule has 0 aliphatic rings. The van der Waals surface area contributed by atoms with E-state index in [0.29, 0.717) is 11.3 Å². The molecular formula is C13H14N4O2. The first-order chi connectivity index (χ1) is 9.15. The SMILES string of the molecule is [N-]=[N+]=NCC(O)C(O)c1ccc(N)c2ccccc12. The van der Waals surface area contributed by atoms with Crippen LogP contribution in [0.5, 0.6) is 0 Å². The summed E-state index contributed by atoms with van der Waals surface area (Å²) in [6.45, 7) is -0.184. The van der Waals surface area contributed by atoms with E-state index in [4.69, 9.17) is 11.3 Å². The number of aliphatic hydroxyl groups excluding tert-OH is 2. The van der Waals surface area contributed by atoms with Crippen molar-refractivity contribution in [1.29, 1.82) is 0 Å². The Morgan fingerprint density at radius 1 is 1.16 bits per heavy atom. The monoisotopic (exact) mass is 258 g/mol. The molecule has 0 radical (unpaired) electrons. The normalized spacial score (nSPS) is 13.8. The van der Waals surface area contributed by atoms with Gasteiger partial charge in [-0.3, -0.25) is 0 Å². The van der Waals surface area contributed by atoms with Gasteiger partial charge in [0, 0.05) is 16.0 Å². The van der Waals surface area contributed by atoms with Crippen LogP contribution in [-0.4, -0.2) is 22.9 Å². The van der Waals surface area contributed by atoms with Crippen LogP contribution in [0.2, 0.25) is 0 Å². The lowest BCUT2D eigenvalue weighted by Gasteiger charge is -2.18. The number of hydrogen-bond donors (Lipinski definition) is 3. The van der Waals surface area contributed by atoms with Crippen molar-refractivity contribution in [2.75, 3.05) is 12.3 Å². The quantitative estimate of drug-likeness (QED) is 0.337. The number of nitrogens with zero attached hydrogens (tertiary/aromatic N) is 3. The van der Waals surface area contributed by atoms with Crippen LogP contribution in [0.3, 0.4) is 0 Å². The highest BCUT2D eigenvalue weighted by Gasteiger charge is 2.20. The zero-order valence-electron chi connectivity index (χ0n) is 10.1. The summed E-state index contributed by atoms with van der Waals surface area (Å²) in [5, 5.41) is 24.8. The largest absolute Gasteiger partial charge is 0.398 e. The van der Waals surface area contributed by atoms with Crippen molar-refractivity contribution < 1.29 is 10.2 Å². The van der Waals surface area contributed by atoms with Crippen LogP contribution in [0.15, 0.2) is 41.5 Å². The Kier molecular flexibility index (Phi) is 3.87. The van der Waals surface area contributed by atoms with Crippen molar-refractivity contribution >= 4 is 16.5 Å². The zero-order chi connectivity index (χ0) is 13.8. The number of aliphatic hydroxyl groups is 2. The third kappa shape index (κ3) is 2.61. The first-order valence-electron chi connectivity index (χ1n) is 5.79. The smallest absolute Gasteiger partial charge is 0.106 e. The van der Waals surface area contributed by atoms with E-state index in [1.165, 1.54) is 0 Å². The lowest BCUT2D eigenvalue weighted by Crippen LogP contribution is -2.21. The number of anilines is 1. The molecule has 4 N–H and O–H groups in total. The Hall–Kier alpha value is -2.27. The third-order valence-electron chi connectivity index (χ3n) is 3.01. The van der Waals surface area contributed by atoms with E-state index in [-0.39, 0.29) is 6.54 Å². The van der Waals surface area contributed by atoms with Crippen LogP contribution in [0.4, 0.5) is 5.69 Å². The highest BCUT2D eigenvalue weighted by atomic mass is 16.3. The van der Waals surface area contributed by atoms with Crippen molar-refractivity contribution in [3.63, 3.8) is 0 Å². The summed E-state index contributed by atoms with van der Waals surface area (Å²) in [6, 6.07) is 10.7. The second-order valence-corrected chi connectivity index (χ2v) is 4.22. The van der Waals surface area contributed by atoms with Crippen molar-refractivity contribution in [1.82, 2.24) is 0 Å². The van der Waals surface area contributed by atoms with Gasteiger partial charge in [0.25, 0.3) is 0 Å². The Morgan fingerprint density at radius 3 is 2.53 bits per heavy atom. The number of benzene rings is 2. The van der Waals surface area contributed by atoms with Crippen molar-refractivity contribution in [2.24, 2.45) is 5.11 Å². The van der Waals surface area contributed by atoms with Gasteiger partial charge in [0.1, 0.15) is 6.10 Å². The minimum Gasteiger partial charge on any atom is -0.398 e. The first-order valence-corrected chi connectivity index (χ1v) is 5.79. The molecule has 0 saturated heterocycles. The predicted molar refractivity (Wildman–Crippen MR) is 73.3 cm³/mol. The number of fused-ring (bicyclic) bond motifs is 1. The molecule has 6 nitrogen and oxygen atoms in total. The standard InChI is InChI=1S/C13H14N4O2/c14-11-6-5-10(8-3-1-2-4-9(8)11)13(19)12(18)7-16-17-15/h1-6,12-13,18-19H,7,14H2. The molecule has 19 heavy (non-hydrogen) atoms. The van der Waals surface area contributed by atoms with E-state index in [9.17, 15) is 10.2 Å². The predicted octanol–water partition coefficient (Wildman–Crippen LogP) is 2.13. The second-order valence-electron chi connectivity index (χ2n) is 4.22. The van der Waals surface area contributed by atoms with E-state index in [1.54, 1.807) is 12.1 Å². The van der Waals surface area contributed by atoms with E-state index < -0.39 is 12.2 Å². The maximum absolute atomic E-state index is 10.1. The van der Waals surface area contributed by atoms with Gasteiger partial charge in [0.15, 0.2) is 0 Å². The molecule has 6 heteroatoms. The van der Waals surface area contributed by atoms with E-state index >= 15 is 0 Å². The van der Waals surface area contributed by atoms with E-state index in [2.05, 4.69) is 10.0 Å². The topological polar surface area (TPSA) is 115 Å². The first kappa shape index (κ1) is 13.2. The molecule has 0 saturated carbocycles. The molecule has 2 aromatic carbocycles. The molecule has 2 rings (SSSR count). The maximum Gasteiger partial charge on any atom is 0.106 e. The molecular weight excluding hydrogens is 244 g/mol. The molecule has 0 bridgehead atoms. The van der Waals surface area contributed by atoms with Gasteiger partial charge < -0.3 is 15.9 Å². The highest BCUT2D eigenvalue weighted by Crippen LogP contribution is 2.30. The minimum atomic E-state index is -1.15. The molecule has 0 aromatic heterocycles. The fourth-order valence-electron chi connectivity index (χ4n) is 2.03. The molecule has 2 unspecified atom stereocenters. The van der Waals surface area contributed by atoms with Crippen LogP contribution < -0.4 is 5.73 Å². The lowest BCUT2D eigenvalue weighted by molar-refractivity contribution is 0.0253. The van der Waals surface area contributed by atoms with Gasteiger partial charge in [0.05, 0.1) is 12.6 Å². The second kappa shape index (κ2) is 5.58. The van der Waals surface area contributed by atoms with Gasteiger partial charge in [-0.15, -0.1) is 0 Å². The Balaban J connectivity index is 2.45. The summed E-state index contributed by atoms with van der Waals surface area (Å²) < 4.78 is 0. The Morgan fingerprint density at radius 2 is 1.84 bits per heavy atom. The molecule has 0 fully saturated rings. The molecule has 0 aliphatic carbocycles. The maximum atomic E-state index is 10.1. The molecule has 98 valence electrons. The molecule has 0 heterocycles. The van der Waals surface area contributed by atoms with E-state index in [1.807, 2.05) is 24.3 Å². The number of nitrogen functional groups attached to an aromatic ring is 1. The average Bonchev–Trinajstić information content (AvgIpc) is 2.45. The van der Waals surface area contributed by atoms with Gasteiger partial charge in [0.2, 0.25) is 0 Å². The summed E-state index contributed by atoms with van der Waals surface area (Å²) in [4.78, 5) is 2.56. The number of hydrogen-bond acceptors (Lipinski definition) is 4. The lowest BCUT2D eigenvalue weighted by atomic mass is 9.96. The van der Waals surface area contributed by atoms with E-state index in [0.717, 1.165) is 10.8 Å². The van der Waals surface area contributed by atoms with Crippen LogP contribution in [0.1, 0.15) is 11.7 Å². The van der Waals surface area contributed by atoms with Crippen LogP contribution in [0, 0.1) is 0 Å². The fraction of sp³-hybridized carbons (Fsp3) is 0.231. The van der Waals surface area contributed by atoms with Crippen molar-refractivity contribution in [2.45, 2.75) is 12.2 Å². The number of azide groups is 1. The van der Waals surface area contributed by atoms with Crippen LogP contribution in [0.25, 0.3) is 21.2 Å². The molecule has 2 aromatic rings. The third-order valence-corrected chi connectivity index (χ3v) is 3.01. The molecule has 0 aliphatic heterocycles. The summed E-state index contributed by atoms with van der Waals surface area (Å²) in [6.07, 6.45) is -2.28. The van der Waals surface area contributed by atoms with Gasteiger partial charge in [-0.05, 0) is 22.5 Å². The number of nitrogens with two attached hydrogens (primary N) is 1. The van der Waals surface area contributed by atoms with Crippen LogP contribution >= 0.6 is 0 Å². The average molecular weight is 258 g/mol.